The molecule has 0 radical (unpaired) electrons. The van der Waals surface area contributed by atoms with Crippen LogP contribution in [0.15, 0.2) is 24.4 Å². The summed E-state index contributed by atoms with van der Waals surface area (Å²) in [5.41, 5.74) is 8.01. The Morgan fingerprint density at radius 3 is 3.00 bits per heavy atom. The van der Waals surface area contributed by atoms with Crippen molar-refractivity contribution < 1.29 is 13.9 Å². The fourth-order valence-electron chi connectivity index (χ4n) is 6.26. The van der Waals surface area contributed by atoms with Crippen LogP contribution in [0, 0.1) is 30.5 Å². The van der Waals surface area contributed by atoms with Crippen molar-refractivity contribution in [2.45, 2.75) is 50.2 Å². The van der Waals surface area contributed by atoms with Gasteiger partial charge in [0.1, 0.15) is 11.6 Å². The number of halogens is 1. The van der Waals surface area contributed by atoms with Crippen LogP contribution in [0.3, 0.4) is 0 Å². The second-order valence-corrected chi connectivity index (χ2v) is 9.51. The van der Waals surface area contributed by atoms with E-state index >= 15 is 0 Å². The molecule has 8 nitrogen and oxygen atoms in total. The Labute approximate surface area is 185 Å². The molecule has 9 heteroatoms. The number of aromatic nitrogens is 2. The SMILES string of the molecule is COc1cnc(C)nc1NC1NNC2CC([C@@H]3C[C@@]34C(=O)Nc3cc(F)ccc34)CCC21. The van der Waals surface area contributed by atoms with Crippen LogP contribution in [0.25, 0.3) is 0 Å². The molecule has 1 aromatic carbocycles. The lowest BCUT2D eigenvalue weighted by Gasteiger charge is -2.34. The maximum absolute atomic E-state index is 13.6. The fourth-order valence-corrected chi connectivity index (χ4v) is 6.26. The van der Waals surface area contributed by atoms with Crippen LogP contribution >= 0.6 is 0 Å². The average molecular weight is 439 g/mol. The molecular weight excluding hydrogens is 411 g/mol. The minimum atomic E-state index is -0.462. The molecule has 0 bridgehead atoms. The zero-order valence-electron chi connectivity index (χ0n) is 18.1. The van der Waals surface area contributed by atoms with E-state index in [2.05, 4.69) is 31.5 Å². The van der Waals surface area contributed by atoms with Gasteiger partial charge in [0.2, 0.25) is 5.91 Å². The lowest BCUT2D eigenvalue weighted by molar-refractivity contribution is -0.118. The van der Waals surface area contributed by atoms with Gasteiger partial charge in [0, 0.05) is 17.6 Å². The number of nitrogens with one attached hydrogen (secondary N) is 4. The normalized spacial score (nSPS) is 34.7. The molecule has 3 heterocycles. The average Bonchev–Trinajstić information content (AvgIpc) is 3.32. The van der Waals surface area contributed by atoms with E-state index in [0.717, 1.165) is 31.2 Å². The van der Waals surface area contributed by atoms with Crippen LogP contribution in [0.2, 0.25) is 0 Å². The minimum absolute atomic E-state index is 0.0356. The summed E-state index contributed by atoms with van der Waals surface area (Å²) in [5, 5.41) is 6.40. The Kier molecular flexibility index (Phi) is 4.42. The van der Waals surface area contributed by atoms with Crippen LogP contribution in [0.4, 0.5) is 15.9 Å². The van der Waals surface area contributed by atoms with Gasteiger partial charge in [0.25, 0.3) is 0 Å². The first kappa shape index (κ1) is 19.9. The number of hydrogen-bond acceptors (Lipinski definition) is 7. The van der Waals surface area contributed by atoms with Gasteiger partial charge in [-0.1, -0.05) is 6.07 Å². The number of aryl methyl sites for hydroxylation is 1. The van der Waals surface area contributed by atoms with Crippen LogP contribution in [0.5, 0.6) is 5.75 Å². The van der Waals surface area contributed by atoms with Crippen molar-refractivity contribution in [3.05, 3.63) is 41.6 Å². The summed E-state index contributed by atoms with van der Waals surface area (Å²) in [6.07, 6.45) is 5.70. The molecule has 2 aliphatic heterocycles. The first-order valence-electron chi connectivity index (χ1n) is 11.3. The maximum atomic E-state index is 13.6. The Balaban J connectivity index is 1.15. The number of hydrogen-bond donors (Lipinski definition) is 4. The Bertz CT molecular complexity index is 1100. The van der Waals surface area contributed by atoms with E-state index in [1.165, 1.54) is 12.1 Å². The molecule has 1 aromatic heterocycles. The third-order valence-electron chi connectivity index (χ3n) is 7.88. The largest absolute Gasteiger partial charge is 0.491 e. The second kappa shape index (κ2) is 7.11. The van der Waals surface area contributed by atoms with E-state index in [1.54, 1.807) is 19.4 Å². The topological polar surface area (TPSA) is 100 Å². The van der Waals surface area contributed by atoms with E-state index in [9.17, 15) is 9.18 Å². The minimum Gasteiger partial charge on any atom is -0.491 e. The van der Waals surface area contributed by atoms with Crippen LogP contribution in [-0.2, 0) is 10.2 Å². The summed E-state index contributed by atoms with van der Waals surface area (Å²) in [6.45, 7) is 1.86. The molecule has 4 unspecified atom stereocenters. The number of ether oxygens (including phenoxy) is 1. The Morgan fingerprint density at radius 1 is 1.28 bits per heavy atom. The predicted molar refractivity (Wildman–Crippen MR) is 116 cm³/mol. The van der Waals surface area contributed by atoms with Crippen LogP contribution in [-0.4, -0.2) is 35.2 Å². The van der Waals surface area contributed by atoms with Crippen molar-refractivity contribution in [2.75, 3.05) is 17.7 Å². The van der Waals surface area contributed by atoms with Gasteiger partial charge in [-0.15, -0.1) is 0 Å². The molecule has 1 spiro atoms. The highest BCUT2D eigenvalue weighted by atomic mass is 19.1. The molecular formula is C23H27FN6O2. The molecule has 32 heavy (non-hydrogen) atoms. The quantitative estimate of drug-likeness (QED) is 0.582. The number of rotatable bonds is 4. The molecule has 168 valence electrons. The summed E-state index contributed by atoms with van der Waals surface area (Å²) in [7, 11) is 1.62. The van der Waals surface area contributed by atoms with Crippen molar-refractivity contribution >= 4 is 17.4 Å². The smallest absolute Gasteiger partial charge is 0.235 e. The predicted octanol–water partition coefficient (Wildman–Crippen LogP) is 2.47. The first-order chi connectivity index (χ1) is 15.5. The highest BCUT2D eigenvalue weighted by molar-refractivity contribution is 6.08. The number of anilines is 2. The lowest BCUT2D eigenvalue weighted by atomic mass is 9.74. The van der Waals surface area contributed by atoms with E-state index in [4.69, 9.17) is 4.74 Å². The summed E-state index contributed by atoms with van der Waals surface area (Å²) in [5.74, 6) is 2.90. The number of methoxy groups -OCH3 is 1. The van der Waals surface area contributed by atoms with Gasteiger partial charge in [-0.25, -0.2) is 19.8 Å². The van der Waals surface area contributed by atoms with Gasteiger partial charge >= 0.3 is 0 Å². The van der Waals surface area contributed by atoms with Crippen molar-refractivity contribution in [3.63, 3.8) is 0 Å². The highest BCUT2D eigenvalue weighted by Crippen LogP contribution is 2.65. The van der Waals surface area contributed by atoms with E-state index in [0.29, 0.717) is 46.9 Å². The van der Waals surface area contributed by atoms with E-state index < -0.39 is 5.41 Å². The molecule has 6 atom stereocenters. The first-order valence-corrected chi connectivity index (χ1v) is 11.3. The van der Waals surface area contributed by atoms with Gasteiger partial charge < -0.3 is 15.4 Å². The number of hydrazine groups is 1. The fraction of sp³-hybridized carbons (Fsp3) is 0.522. The third kappa shape index (κ3) is 2.91. The zero-order valence-corrected chi connectivity index (χ0v) is 18.1. The number of carbonyl (C=O) groups excluding carboxylic acids is 1. The van der Waals surface area contributed by atoms with Gasteiger partial charge in [0.15, 0.2) is 11.6 Å². The highest BCUT2D eigenvalue weighted by Gasteiger charge is 2.67. The van der Waals surface area contributed by atoms with Gasteiger partial charge in [-0.05, 0) is 62.1 Å². The summed E-state index contributed by atoms with van der Waals surface area (Å²) in [4.78, 5) is 21.6. The molecule has 2 aromatic rings. The number of carbonyl (C=O) groups is 1. The molecule has 2 aliphatic carbocycles. The Morgan fingerprint density at radius 2 is 2.16 bits per heavy atom. The number of nitrogens with zero attached hydrogens (tertiary/aromatic N) is 2. The molecule has 4 aliphatic rings. The molecule has 6 rings (SSSR count). The summed E-state index contributed by atoms with van der Waals surface area (Å²) >= 11 is 0. The maximum Gasteiger partial charge on any atom is 0.235 e. The molecule has 3 fully saturated rings. The van der Waals surface area contributed by atoms with Crippen molar-refractivity contribution in [2.24, 2.45) is 17.8 Å². The summed E-state index contributed by atoms with van der Waals surface area (Å²) in [6, 6.07) is 5.01. The third-order valence-corrected chi connectivity index (χ3v) is 7.88. The standard InChI is InChI=1S/C23H27FN6O2/c1-11-25-10-19(32-2)21(26-11)28-20-14-5-3-12(7-17(14)29-30-20)16-9-23(16)15-6-4-13(24)8-18(15)27-22(23)31/h4,6,8,10,12,14,16-17,20,29-30H,3,5,7,9H2,1-2H3,(H,27,31)(H,25,26,28)/t12?,14?,16-,17?,20?,23-/m0/s1. The number of amides is 1. The lowest BCUT2D eigenvalue weighted by Crippen LogP contribution is -2.39. The van der Waals surface area contributed by atoms with Gasteiger partial charge in [0.05, 0.1) is 24.9 Å². The monoisotopic (exact) mass is 438 g/mol. The van der Waals surface area contributed by atoms with Gasteiger partial charge in [-0.2, -0.15) is 0 Å². The molecule has 1 amide bonds. The second-order valence-electron chi connectivity index (χ2n) is 9.51. The van der Waals surface area contributed by atoms with Crippen LogP contribution in [0.1, 0.15) is 37.1 Å². The Hall–Kier alpha value is -2.78. The molecule has 1 saturated heterocycles. The summed E-state index contributed by atoms with van der Waals surface area (Å²) < 4.78 is 19.0. The van der Waals surface area contributed by atoms with Crippen molar-refractivity contribution in [1.82, 2.24) is 20.8 Å². The number of fused-ring (bicyclic) bond motifs is 3. The molecule has 2 saturated carbocycles. The van der Waals surface area contributed by atoms with Crippen molar-refractivity contribution in [3.8, 4) is 5.75 Å². The van der Waals surface area contributed by atoms with E-state index in [-0.39, 0.29) is 17.9 Å². The zero-order chi connectivity index (χ0) is 22.0. The van der Waals surface area contributed by atoms with Crippen molar-refractivity contribution in [1.29, 1.82) is 0 Å². The van der Waals surface area contributed by atoms with Gasteiger partial charge in [-0.3, -0.25) is 10.2 Å². The molecule has 4 N–H and O–H groups in total. The van der Waals surface area contributed by atoms with E-state index in [1.807, 2.05) is 6.92 Å². The van der Waals surface area contributed by atoms with Crippen LogP contribution < -0.4 is 26.2 Å². The number of benzene rings is 1.